The Morgan fingerprint density at radius 1 is 0.744 bits per heavy atom. The molecule has 25 heteroatoms. The number of thioether (sulfide) groups is 1. The number of hydrogen-bond donors (Lipinski definition) is 2. The van der Waals surface area contributed by atoms with Crippen molar-refractivity contribution in [2.24, 2.45) is 12.2 Å². The molecule has 9 rings (SSSR count). The number of esters is 3. The Hall–Kier alpha value is -8.94. The van der Waals surface area contributed by atoms with E-state index < -0.39 is 76.7 Å². The Balaban J connectivity index is 0.999. The molecule has 0 aliphatic carbocycles. The number of likely N-dealkylation sites (tertiary alicyclic amines) is 1. The van der Waals surface area contributed by atoms with Crippen LogP contribution in [0.1, 0.15) is 88.8 Å². The molecule has 2 saturated heterocycles. The summed E-state index contributed by atoms with van der Waals surface area (Å²) in [5, 5.41) is 10.5. The first-order valence-electron chi connectivity index (χ1n) is 29.1. The zero-order valence-corrected chi connectivity index (χ0v) is 53.5. The third kappa shape index (κ3) is 16.5. The molecule has 0 radical (unpaired) electrons. The molecule has 3 aliphatic rings. The van der Waals surface area contributed by atoms with E-state index >= 15 is 0 Å². The van der Waals surface area contributed by atoms with Gasteiger partial charge in [0.1, 0.15) is 84.2 Å². The first-order chi connectivity index (χ1) is 42.9. The van der Waals surface area contributed by atoms with E-state index in [4.69, 9.17) is 42.7 Å². The number of methoxy groups -OCH3 is 3. The molecule has 2 fully saturated rings. The van der Waals surface area contributed by atoms with Gasteiger partial charge < -0.3 is 57.1 Å². The maximum absolute atomic E-state index is 14.8. The normalized spacial score (nSPS) is 16.7. The number of benzene rings is 4. The molecular formula is C65H74N7O16S2+. The van der Waals surface area contributed by atoms with Crippen molar-refractivity contribution in [3.63, 3.8) is 0 Å². The van der Waals surface area contributed by atoms with Crippen molar-refractivity contribution < 1.29 is 76.0 Å². The molecule has 6 aromatic rings. The van der Waals surface area contributed by atoms with Crippen molar-refractivity contribution in [2.75, 3.05) is 52.0 Å². The number of carbonyl (C=O) groups is 6. The van der Waals surface area contributed by atoms with Crippen molar-refractivity contribution in [3.05, 3.63) is 152 Å². The van der Waals surface area contributed by atoms with Crippen molar-refractivity contribution >= 4 is 80.7 Å². The van der Waals surface area contributed by atoms with Crippen molar-refractivity contribution in [3.8, 4) is 23.0 Å². The quantitative estimate of drug-likeness (QED) is 0.0143. The number of amides is 3. The van der Waals surface area contributed by atoms with E-state index in [0.29, 0.717) is 56.9 Å². The van der Waals surface area contributed by atoms with Gasteiger partial charge in [0.15, 0.2) is 16.6 Å². The topological polar surface area (TPSA) is 260 Å². The first-order valence-corrected chi connectivity index (χ1v) is 31.1. The van der Waals surface area contributed by atoms with Crippen LogP contribution in [0.5, 0.6) is 23.0 Å². The van der Waals surface area contributed by atoms with Gasteiger partial charge in [0, 0.05) is 42.2 Å². The molecule has 2 aromatic heterocycles. The minimum atomic E-state index is -1.76. The smallest absolute Gasteiger partial charge is 0.413 e. The summed E-state index contributed by atoms with van der Waals surface area (Å²) in [4.78, 5) is 110. The van der Waals surface area contributed by atoms with Crippen LogP contribution in [0.25, 0.3) is 10.9 Å². The van der Waals surface area contributed by atoms with Crippen LogP contribution >= 0.6 is 23.1 Å². The molecule has 23 nitrogen and oxygen atoms in total. The summed E-state index contributed by atoms with van der Waals surface area (Å²) in [6.45, 7) is 12.2. The van der Waals surface area contributed by atoms with Gasteiger partial charge in [-0.15, -0.1) is 23.1 Å². The van der Waals surface area contributed by atoms with E-state index in [1.807, 2.05) is 54.1 Å². The highest BCUT2D eigenvalue weighted by molar-refractivity contribution is 8.00. The van der Waals surface area contributed by atoms with E-state index in [2.05, 4.69) is 20.8 Å². The van der Waals surface area contributed by atoms with Crippen LogP contribution in [0.3, 0.4) is 0 Å². The van der Waals surface area contributed by atoms with Crippen LogP contribution in [-0.4, -0.2) is 136 Å². The molecule has 0 unspecified atom stereocenters. The Labute approximate surface area is 529 Å². The number of ether oxygens (including phenoxy) is 8. The number of aryl methyl sites for hydroxylation is 1. The van der Waals surface area contributed by atoms with Crippen LogP contribution in [0.15, 0.2) is 124 Å². The third-order valence-electron chi connectivity index (χ3n) is 14.8. The lowest BCUT2D eigenvalue weighted by molar-refractivity contribution is -0.925. The van der Waals surface area contributed by atoms with Gasteiger partial charge in [-0.3, -0.25) is 29.4 Å². The molecule has 90 heavy (non-hydrogen) atoms. The van der Waals surface area contributed by atoms with Crippen LogP contribution in [0, 0.1) is 0 Å². The molecule has 0 spiro atoms. The predicted molar refractivity (Wildman–Crippen MR) is 336 cm³/mol. The maximum atomic E-state index is 14.8. The molecule has 5 heterocycles. The largest absolute Gasteiger partial charge is 0.497 e. The highest BCUT2D eigenvalue weighted by Gasteiger charge is 2.56. The van der Waals surface area contributed by atoms with E-state index in [9.17, 15) is 33.6 Å². The number of rotatable bonds is 24. The second-order valence-corrected chi connectivity index (χ2v) is 25.9. The second-order valence-electron chi connectivity index (χ2n) is 23.9. The lowest BCUT2D eigenvalue weighted by Gasteiger charge is -2.50. The minimum Gasteiger partial charge on any atom is -0.497 e. The van der Waals surface area contributed by atoms with Gasteiger partial charge in [-0.25, -0.2) is 19.4 Å². The fourth-order valence-electron chi connectivity index (χ4n) is 10.5. The van der Waals surface area contributed by atoms with Gasteiger partial charge in [-0.2, -0.15) is 0 Å². The Kier molecular flexibility index (Phi) is 20.6. The number of thiazole rings is 1. The third-order valence-corrected chi connectivity index (χ3v) is 16.9. The van der Waals surface area contributed by atoms with E-state index in [1.165, 1.54) is 29.2 Å². The molecule has 476 valence electrons. The van der Waals surface area contributed by atoms with Gasteiger partial charge in [0.2, 0.25) is 11.5 Å². The standard InChI is InChI=1S/C65H73N7O16S2/c1-64(2,3)86-52(73)30-50(60(77)84-35-40-15-22-45(81-9)23-16-40)88-69-53(48-38-90-62(66-48)68-63(79)87-65(4,5)6)57(75)67-54-58(76)71-55(61(78)85-36-41-17-24-46(82-10)25-18-41)43(37-89-59(54)71)33-72(27-11-12-28-72)32-42-19-26-49-47(29-42)56(74)51(31-70(49)7)83-34-39-13-20-44(80-8)21-14-39/h13-26,29,31,38,50,54,59H,11-12,27-28,30,32-37H2,1-10H3,(H-,66,67,68,75,79)/p+1/b69-53-/t50-,54+,59+/m0/s1. The van der Waals surface area contributed by atoms with Crippen molar-refractivity contribution in [2.45, 2.75) is 116 Å². The summed E-state index contributed by atoms with van der Waals surface area (Å²) in [5.41, 5.74) is 1.72. The molecule has 2 N–H and O–H groups in total. The van der Waals surface area contributed by atoms with Crippen molar-refractivity contribution in [1.82, 2.24) is 19.8 Å². The molecule has 0 bridgehead atoms. The number of hydrogen-bond acceptors (Lipinski definition) is 20. The van der Waals surface area contributed by atoms with Gasteiger partial charge in [0.05, 0.1) is 57.9 Å². The number of pyridine rings is 1. The number of quaternary nitrogens is 1. The monoisotopic (exact) mass is 1270 g/mol. The average molecular weight is 1270 g/mol. The lowest BCUT2D eigenvalue weighted by Crippen LogP contribution is -2.71. The predicted octanol–water partition coefficient (Wildman–Crippen LogP) is 8.72. The minimum absolute atomic E-state index is 0.00289. The summed E-state index contributed by atoms with van der Waals surface area (Å²) >= 11 is 2.26. The average Bonchev–Trinajstić information content (AvgIpc) is 0.764. The molecule has 4 aromatic carbocycles. The number of anilines is 1. The van der Waals surface area contributed by atoms with Gasteiger partial charge in [0.25, 0.3) is 11.8 Å². The van der Waals surface area contributed by atoms with Crippen LogP contribution in [0.4, 0.5) is 9.93 Å². The molecule has 3 atom stereocenters. The Morgan fingerprint density at radius 2 is 1.32 bits per heavy atom. The number of oxime groups is 1. The van der Waals surface area contributed by atoms with E-state index in [1.54, 1.807) is 110 Å². The second kappa shape index (κ2) is 28.3. The molecule has 0 saturated carbocycles. The molecule has 3 amide bonds. The Bertz CT molecular complexity index is 3750. The van der Waals surface area contributed by atoms with Gasteiger partial charge in [-0.05, 0) is 107 Å². The highest BCUT2D eigenvalue weighted by atomic mass is 32.2. The summed E-state index contributed by atoms with van der Waals surface area (Å²) < 4.78 is 46.9. The number of fused-ring (bicyclic) bond motifs is 2. The van der Waals surface area contributed by atoms with Crippen LogP contribution in [-0.2, 0) is 81.2 Å². The summed E-state index contributed by atoms with van der Waals surface area (Å²) in [7, 11) is 6.52. The summed E-state index contributed by atoms with van der Waals surface area (Å²) in [6.07, 6.45) is 0.199. The molecular weight excluding hydrogens is 1200 g/mol. The van der Waals surface area contributed by atoms with E-state index in [-0.39, 0.29) is 53.3 Å². The number of nitrogens with one attached hydrogen (secondary N) is 2. The maximum Gasteiger partial charge on any atom is 0.413 e. The SMILES string of the molecule is COc1ccc(COC(=O)C2=C(C[N+]3(Cc4ccc5c(c4)c(=O)c(OCc4ccc(OC)cc4)cn5C)CCCC3)CS[C@@H]3[C@H](NC(=O)/C(=N\O[C@@H](CC(=O)OC(C)(C)C)C(=O)OCc4ccc(OC)cc4)c4csc(NC(=O)OC(C)(C)C)n4)C(=O)N23)cc1. The summed E-state index contributed by atoms with van der Waals surface area (Å²) in [5.74, 6) is -1.86. The first kappa shape index (κ1) is 65.5. The van der Waals surface area contributed by atoms with Gasteiger partial charge in [-0.1, -0.05) is 47.6 Å². The highest BCUT2D eigenvalue weighted by Crippen LogP contribution is 2.43. The lowest BCUT2D eigenvalue weighted by atomic mass is 10.0. The number of aromatic nitrogens is 2. The zero-order chi connectivity index (χ0) is 64.5. The Morgan fingerprint density at radius 3 is 1.91 bits per heavy atom. The number of β-lactam (4-membered cyclic amide) rings is 1. The fourth-order valence-corrected chi connectivity index (χ4v) is 12.5. The van der Waals surface area contributed by atoms with Crippen molar-refractivity contribution in [1.29, 1.82) is 0 Å². The van der Waals surface area contributed by atoms with Crippen LogP contribution < -0.4 is 35.0 Å². The fraction of sp³-hybridized carbons (Fsp3) is 0.400. The summed E-state index contributed by atoms with van der Waals surface area (Å²) in [6, 6.07) is 25.8. The number of carbonyl (C=O) groups excluding carboxylic acids is 6. The van der Waals surface area contributed by atoms with Gasteiger partial charge >= 0.3 is 24.0 Å². The number of nitrogens with zero attached hydrogens (tertiary/aromatic N) is 5. The van der Waals surface area contributed by atoms with Crippen LogP contribution in [0.2, 0.25) is 0 Å². The van der Waals surface area contributed by atoms with E-state index in [0.717, 1.165) is 53.9 Å². The zero-order valence-electron chi connectivity index (χ0n) is 51.9. The molecule has 3 aliphatic heterocycles.